The molecule has 1 aromatic heterocycles. The van der Waals surface area contributed by atoms with Gasteiger partial charge in [-0.2, -0.15) is 0 Å². The monoisotopic (exact) mass is 306 g/mol. The molecule has 0 radical (unpaired) electrons. The summed E-state index contributed by atoms with van der Waals surface area (Å²) in [6, 6.07) is 17.8. The van der Waals surface area contributed by atoms with Crippen molar-refractivity contribution in [2.45, 2.75) is 0 Å². The smallest absolute Gasteiger partial charge is 0.257 e. The first kappa shape index (κ1) is 14.6. The number of hydrogen-bond donors (Lipinski definition) is 2. The zero-order valence-corrected chi connectivity index (χ0v) is 12.1. The van der Waals surface area contributed by atoms with Gasteiger partial charge in [-0.05, 0) is 30.3 Å². The molecule has 0 fully saturated rings. The zero-order chi connectivity index (χ0) is 16.1. The number of rotatable bonds is 4. The largest absolute Gasteiger partial charge is 0.506 e. The predicted molar refractivity (Wildman–Crippen MR) is 86.8 cm³/mol. The Labute approximate surface area is 133 Å². The number of aromatic hydroxyl groups is 1. The topological polar surface area (TPSA) is 71.5 Å². The minimum absolute atomic E-state index is 0.0635. The molecule has 23 heavy (non-hydrogen) atoms. The van der Waals surface area contributed by atoms with Crippen molar-refractivity contribution in [2.75, 3.05) is 5.32 Å². The number of carbonyl (C=O) groups is 1. The summed E-state index contributed by atoms with van der Waals surface area (Å²) < 4.78 is 5.79. The number of benzene rings is 2. The Hall–Kier alpha value is -3.34. The second-order valence-corrected chi connectivity index (χ2v) is 4.80. The number of anilines is 1. The summed E-state index contributed by atoms with van der Waals surface area (Å²) in [6.45, 7) is 0. The van der Waals surface area contributed by atoms with E-state index >= 15 is 0 Å². The predicted octanol–water partition coefficient (Wildman–Crippen LogP) is 3.83. The average Bonchev–Trinajstić information content (AvgIpc) is 2.57. The van der Waals surface area contributed by atoms with Crippen LogP contribution in [0.4, 0.5) is 5.69 Å². The lowest BCUT2D eigenvalue weighted by Gasteiger charge is -2.12. The number of hydrogen-bond acceptors (Lipinski definition) is 4. The van der Waals surface area contributed by atoms with E-state index in [4.69, 9.17) is 4.74 Å². The van der Waals surface area contributed by atoms with E-state index in [0.717, 1.165) is 0 Å². The van der Waals surface area contributed by atoms with Crippen LogP contribution in [0.2, 0.25) is 0 Å². The molecule has 3 rings (SSSR count). The van der Waals surface area contributed by atoms with E-state index < -0.39 is 0 Å². The maximum Gasteiger partial charge on any atom is 0.257 e. The quantitative estimate of drug-likeness (QED) is 0.768. The van der Waals surface area contributed by atoms with E-state index in [1.54, 1.807) is 18.2 Å². The summed E-state index contributed by atoms with van der Waals surface area (Å²) in [6.07, 6.45) is 2.65. The maximum atomic E-state index is 12.3. The molecule has 5 heteroatoms. The Balaban J connectivity index is 1.82. The van der Waals surface area contributed by atoms with Crippen LogP contribution >= 0.6 is 0 Å². The summed E-state index contributed by atoms with van der Waals surface area (Å²) in [4.78, 5) is 16.0. The van der Waals surface area contributed by atoms with Crippen LogP contribution in [0.1, 0.15) is 10.4 Å². The number of nitrogens with zero attached hydrogens (tertiary/aromatic N) is 1. The highest BCUT2D eigenvalue weighted by Gasteiger charge is 2.11. The van der Waals surface area contributed by atoms with Gasteiger partial charge in [-0.25, -0.2) is 0 Å². The minimum atomic E-state index is -0.377. The van der Waals surface area contributed by atoms with Crippen molar-refractivity contribution in [3.63, 3.8) is 0 Å². The Kier molecular flexibility index (Phi) is 4.20. The third kappa shape index (κ3) is 3.65. The van der Waals surface area contributed by atoms with Gasteiger partial charge < -0.3 is 15.2 Å². The van der Waals surface area contributed by atoms with E-state index in [1.807, 2.05) is 36.4 Å². The number of pyridine rings is 1. The van der Waals surface area contributed by atoms with Crippen LogP contribution in [0, 0.1) is 0 Å². The molecule has 0 saturated heterocycles. The van der Waals surface area contributed by atoms with E-state index in [-0.39, 0.29) is 17.2 Å². The summed E-state index contributed by atoms with van der Waals surface area (Å²) >= 11 is 0. The normalized spacial score (nSPS) is 10.1. The number of nitrogens with one attached hydrogen (secondary N) is 1. The van der Waals surface area contributed by atoms with Gasteiger partial charge in [0.15, 0.2) is 5.75 Å². The molecule has 0 aliphatic rings. The van der Waals surface area contributed by atoms with Crippen molar-refractivity contribution in [2.24, 2.45) is 0 Å². The van der Waals surface area contributed by atoms with Crippen LogP contribution < -0.4 is 10.1 Å². The summed E-state index contributed by atoms with van der Waals surface area (Å²) in [5.74, 6) is 0.761. The van der Waals surface area contributed by atoms with Crippen LogP contribution in [0.15, 0.2) is 73.1 Å². The summed E-state index contributed by atoms with van der Waals surface area (Å²) in [5, 5.41) is 12.2. The third-order valence-corrected chi connectivity index (χ3v) is 3.09. The van der Waals surface area contributed by atoms with Gasteiger partial charge in [-0.3, -0.25) is 9.78 Å². The molecule has 0 unspecified atom stereocenters. The van der Waals surface area contributed by atoms with Crippen LogP contribution in [-0.2, 0) is 0 Å². The zero-order valence-electron chi connectivity index (χ0n) is 12.1. The first-order valence-corrected chi connectivity index (χ1v) is 7.00. The number of para-hydroxylation sites is 3. The van der Waals surface area contributed by atoms with Gasteiger partial charge >= 0.3 is 0 Å². The average molecular weight is 306 g/mol. The maximum absolute atomic E-state index is 12.3. The molecule has 0 saturated carbocycles. The molecule has 0 atom stereocenters. The molecule has 1 amide bonds. The van der Waals surface area contributed by atoms with E-state index in [2.05, 4.69) is 10.3 Å². The van der Waals surface area contributed by atoms with Crippen molar-refractivity contribution in [3.8, 4) is 17.2 Å². The van der Waals surface area contributed by atoms with Crippen molar-refractivity contribution in [1.82, 2.24) is 4.98 Å². The fraction of sp³-hybridized carbons (Fsp3) is 0. The van der Waals surface area contributed by atoms with Gasteiger partial charge in [0.1, 0.15) is 11.5 Å². The van der Waals surface area contributed by atoms with Gasteiger partial charge in [0, 0.05) is 6.20 Å². The Morgan fingerprint density at radius 1 is 1.00 bits per heavy atom. The molecular weight excluding hydrogens is 292 g/mol. The van der Waals surface area contributed by atoms with Gasteiger partial charge in [0.2, 0.25) is 0 Å². The van der Waals surface area contributed by atoms with E-state index in [9.17, 15) is 9.90 Å². The fourth-order valence-corrected chi connectivity index (χ4v) is 2.02. The van der Waals surface area contributed by atoms with Crippen LogP contribution in [-0.4, -0.2) is 16.0 Å². The molecular formula is C18H14N2O3. The fourth-order valence-electron chi connectivity index (χ4n) is 2.02. The summed E-state index contributed by atoms with van der Waals surface area (Å²) in [5.41, 5.74) is 0.796. The van der Waals surface area contributed by atoms with Crippen LogP contribution in [0.25, 0.3) is 0 Å². The molecule has 1 heterocycles. The second kappa shape index (κ2) is 6.62. The Bertz CT molecular complexity index is 819. The lowest BCUT2D eigenvalue weighted by Crippen LogP contribution is -2.12. The molecule has 2 aromatic carbocycles. The van der Waals surface area contributed by atoms with Gasteiger partial charge in [0.25, 0.3) is 5.91 Å². The molecule has 5 nitrogen and oxygen atoms in total. The molecule has 114 valence electrons. The van der Waals surface area contributed by atoms with Gasteiger partial charge in [0.05, 0.1) is 17.4 Å². The minimum Gasteiger partial charge on any atom is -0.506 e. The SMILES string of the molecule is O=C(Nc1ccccc1Oc1ccccc1)c1cncc(O)c1. The lowest BCUT2D eigenvalue weighted by molar-refractivity contribution is 0.102. The lowest BCUT2D eigenvalue weighted by atomic mass is 10.2. The Morgan fingerprint density at radius 2 is 1.74 bits per heavy atom. The summed E-state index contributed by atoms with van der Waals surface area (Å²) in [7, 11) is 0. The third-order valence-electron chi connectivity index (χ3n) is 3.09. The second-order valence-electron chi connectivity index (χ2n) is 4.80. The molecule has 0 bridgehead atoms. The highest BCUT2D eigenvalue weighted by Crippen LogP contribution is 2.29. The number of carbonyl (C=O) groups excluding carboxylic acids is 1. The van der Waals surface area contributed by atoms with Gasteiger partial charge in [-0.15, -0.1) is 0 Å². The van der Waals surface area contributed by atoms with E-state index in [0.29, 0.717) is 17.2 Å². The first-order chi connectivity index (χ1) is 11.2. The molecule has 3 aromatic rings. The molecule has 0 aliphatic heterocycles. The van der Waals surface area contributed by atoms with Crippen molar-refractivity contribution >= 4 is 11.6 Å². The first-order valence-electron chi connectivity index (χ1n) is 7.00. The number of aromatic nitrogens is 1. The highest BCUT2D eigenvalue weighted by atomic mass is 16.5. The number of ether oxygens (including phenoxy) is 1. The molecule has 0 spiro atoms. The number of amides is 1. The van der Waals surface area contributed by atoms with Crippen molar-refractivity contribution in [3.05, 3.63) is 78.6 Å². The van der Waals surface area contributed by atoms with E-state index in [1.165, 1.54) is 18.5 Å². The van der Waals surface area contributed by atoms with Crippen molar-refractivity contribution < 1.29 is 14.6 Å². The molecule has 0 aliphatic carbocycles. The standard InChI is InChI=1S/C18H14N2O3/c21-14-10-13(11-19-12-14)18(22)20-16-8-4-5-9-17(16)23-15-6-2-1-3-7-15/h1-12,21H,(H,20,22). The highest BCUT2D eigenvalue weighted by molar-refractivity contribution is 6.05. The van der Waals surface area contributed by atoms with Crippen LogP contribution in [0.3, 0.4) is 0 Å². The Morgan fingerprint density at radius 3 is 2.52 bits per heavy atom. The van der Waals surface area contributed by atoms with Crippen LogP contribution in [0.5, 0.6) is 17.2 Å². The molecule has 2 N–H and O–H groups in total. The van der Waals surface area contributed by atoms with Gasteiger partial charge in [-0.1, -0.05) is 30.3 Å². The van der Waals surface area contributed by atoms with Crippen molar-refractivity contribution in [1.29, 1.82) is 0 Å².